The van der Waals surface area contributed by atoms with Crippen LogP contribution in [0, 0.1) is 11.3 Å². The highest BCUT2D eigenvalue weighted by Gasteiger charge is 2.10. The number of nitrogens with one attached hydrogen (secondary N) is 1. The highest BCUT2D eigenvalue weighted by Crippen LogP contribution is 2.12. The summed E-state index contributed by atoms with van der Waals surface area (Å²) >= 11 is 0. The first-order valence-corrected chi connectivity index (χ1v) is 5.64. The van der Waals surface area contributed by atoms with Crippen LogP contribution in [0.1, 0.15) is 30.6 Å². The van der Waals surface area contributed by atoms with Gasteiger partial charge in [0, 0.05) is 5.56 Å². The molecule has 4 heteroatoms. The summed E-state index contributed by atoms with van der Waals surface area (Å²) in [5.41, 5.74) is 0.530. The van der Waals surface area contributed by atoms with Gasteiger partial charge in [-0.1, -0.05) is 6.92 Å². The fourth-order valence-electron chi connectivity index (χ4n) is 1.34. The molecule has 1 N–H and O–H groups in total. The average molecular weight is 232 g/mol. The van der Waals surface area contributed by atoms with Gasteiger partial charge >= 0.3 is 0 Å². The molecule has 0 aliphatic carbocycles. The quantitative estimate of drug-likeness (QED) is 0.845. The van der Waals surface area contributed by atoms with Gasteiger partial charge in [-0.15, -0.1) is 0 Å². The van der Waals surface area contributed by atoms with Crippen LogP contribution in [0.25, 0.3) is 0 Å². The molecule has 0 radical (unpaired) electrons. The molecule has 1 aromatic carbocycles. The number of nitriles is 1. The van der Waals surface area contributed by atoms with Crippen molar-refractivity contribution >= 4 is 5.91 Å². The maximum Gasteiger partial charge on any atom is 0.252 e. The molecule has 17 heavy (non-hydrogen) atoms. The normalized spacial score (nSPS) is 11.4. The molecule has 1 unspecified atom stereocenters. The Morgan fingerprint density at radius 1 is 1.41 bits per heavy atom. The number of amides is 1. The Kier molecular flexibility index (Phi) is 5.02. The molecular formula is C13H16N2O2. The topological polar surface area (TPSA) is 62.1 Å². The fourth-order valence-corrected chi connectivity index (χ4v) is 1.34. The molecule has 0 saturated carbocycles. The first-order valence-electron chi connectivity index (χ1n) is 5.64. The van der Waals surface area contributed by atoms with Crippen molar-refractivity contribution in [3.8, 4) is 11.8 Å². The number of ether oxygens (including phenoxy) is 1. The van der Waals surface area contributed by atoms with Crippen molar-refractivity contribution in [2.24, 2.45) is 0 Å². The van der Waals surface area contributed by atoms with Gasteiger partial charge in [0.05, 0.1) is 12.7 Å². The lowest BCUT2D eigenvalue weighted by Gasteiger charge is -2.09. The van der Waals surface area contributed by atoms with Crippen LogP contribution in [0.4, 0.5) is 0 Å². The van der Waals surface area contributed by atoms with Crippen LogP contribution in [-0.2, 0) is 0 Å². The number of nitrogens with zero attached hydrogens (tertiary/aromatic N) is 1. The van der Waals surface area contributed by atoms with Crippen molar-refractivity contribution in [3.05, 3.63) is 29.8 Å². The van der Waals surface area contributed by atoms with Crippen LogP contribution in [-0.4, -0.2) is 18.6 Å². The molecule has 0 aliphatic heterocycles. The van der Waals surface area contributed by atoms with Crippen molar-refractivity contribution in [1.82, 2.24) is 5.32 Å². The molecule has 0 spiro atoms. The van der Waals surface area contributed by atoms with Crippen LogP contribution < -0.4 is 10.1 Å². The summed E-state index contributed by atoms with van der Waals surface area (Å²) in [6, 6.07) is 8.44. The number of hydrogen-bond donors (Lipinski definition) is 1. The van der Waals surface area contributed by atoms with E-state index in [0.717, 1.165) is 5.75 Å². The Hall–Kier alpha value is -2.02. The maximum absolute atomic E-state index is 11.7. The number of carbonyl (C=O) groups excluding carboxylic acids is 1. The first-order chi connectivity index (χ1) is 8.21. The second kappa shape index (κ2) is 6.54. The van der Waals surface area contributed by atoms with Gasteiger partial charge in [-0.2, -0.15) is 5.26 Å². The van der Waals surface area contributed by atoms with Gasteiger partial charge in [0.2, 0.25) is 0 Å². The summed E-state index contributed by atoms with van der Waals surface area (Å²) in [5, 5.41) is 11.4. The van der Waals surface area contributed by atoms with E-state index < -0.39 is 6.04 Å². The molecule has 90 valence electrons. The second-order valence-electron chi connectivity index (χ2n) is 3.52. The summed E-state index contributed by atoms with van der Waals surface area (Å²) in [7, 11) is 0. The minimum Gasteiger partial charge on any atom is -0.494 e. The third-order valence-electron chi connectivity index (χ3n) is 2.30. The molecule has 1 rings (SSSR count). The van der Waals surface area contributed by atoms with Gasteiger partial charge < -0.3 is 10.1 Å². The van der Waals surface area contributed by atoms with Crippen molar-refractivity contribution in [2.45, 2.75) is 26.3 Å². The third kappa shape index (κ3) is 3.80. The van der Waals surface area contributed by atoms with E-state index in [1.165, 1.54) is 0 Å². The fraction of sp³-hybridized carbons (Fsp3) is 0.385. The largest absolute Gasteiger partial charge is 0.494 e. The smallest absolute Gasteiger partial charge is 0.252 e. The Morgan fingerprint density at radius 2 is 2.06 bits per heavy atom. The van der Waals surface area contributed by atoms with E-state index in [4.69, 9.17) is 10.00 Å². The predicted octanol–water partition coefficient (Wildman–Crippen LogP) is 2.12. The van der Waals surface area contributed by atoms with Crippen LogP contribution in [0.3, 0.4) is 0 Å². The van der Waals surface area contributed by atoms with Crippen LogP contribution in [0.15, 0.2) is 24.3 Å². The van der Waals surface area contributed by atoms with Gasteiger partial charge in [-0.05, 0) is 37.6 Å². The molecule has 0 fully saturated rings. The molecule has 0 aliphatic rings. The summed E-state index contributed by atoms with van der Waals surface area (Å²) < 4.78 is 5.28. The summed E-state index contributed by atoms with van der Waals surface area (Å²) in [6.07, 6.45) is 0.596. The SMILES string of the molecule is CCOc1ccc(C(=O)NC(C#N)CC)cc1. The molecule has 4 nitrogen and oxygen atoms in total. The number of rotatable bonds is 5. The van der Waals surface area contributed by atoms with Crippen molar-refractivity contribution in [1.29, 1.82) is 5.26 Å². The molecule has 0 heterocycles. The van der Waals surface area contributed by atoms with E-state index in [1.807, 2.05) is 19.9 Å². The van der Waals surface area contributed by atoms with Crippen molar-refractivity contribution in [2.75, 3.05) is 6.61 Å². The highest BCUT2D eigenvalue weighted by molar-refractivity contribution is 5.94. The van der Waals surface area contributed by atoms with E-state index in [0.29, 0.717) is 18.6 Å². The lowest BCUT2D eigenvalue weighted by Crippen LogP contribution is -2.33. The summed E-state index contributed by atoms with van der Waals surface area (Å²) in [5.74, 6) is 0.498. The summed E-state index contributed by atoms with van der Waals surface area (Å²) in [4.78, 5) is 11.7. The van der Waals surface area contributed by atoms with Gasteiger partial charge in [-0.3, -0.25) is 4.79 Å². The number of benzene rings is 1. The molecule has 0 aromatic heterocycles. The maximum atomic E-state index is 11.7. The van der Waals surface area contributed by atoms with Gasteiger partial charge in [0.25, 0.3) is 5.91 Å². The second-order valence-corrected chi connectivity index (χ2v) is 3.52. The zero-order valence-electron chi connectivity index (χ0n) is 10.1. The Bertz CT molecular complexity index is 406. The van der Waals surface area contributed by atoms with E-state index in [1.54, 1.807) is 24.3 Å². The predicted molar refractivity (Wildman–Crippen MR) is 64.8 cm³/mol. The van der Waals surface area contributed by atoms with Crippen LogP contribution >= 0.6 is 0 Å². The molecule has 1 amide bonds. The Labute approximate surface area is 101 Å². The Balaban J connectivity index is 2.67. The van der Waals surface area contributed by atoms with Crippen LogP contribution in [0.2, 0.25) is 0 Å². The number of hydrogen-bond acceptors (Lipinski definition) is 3. The van der Waals surface area contributed by atoms with Crippen LogP contribution in [0.5, 0.6) is 5.75 Å². The lowest BCUT2D eigenvalue weighted by atomic mass is 10.2. The summed E-state index contributed by atoms with van der Waals surface area (Å²) in [6.45, 7) is 4.35. The van der Waals surface area contributed by atoms with Crippen molar-refractivity contribution in [3.63, 3.8) is 0 Å². The van der Waals surface area contributed by atoms with E-state index in [2.05, 4.69) is 5.32 Å². The zero-order chi connectivity index (χ0) is 12.7. The lowest BCUT2D eigenvalue weighted by molar-refractivity contribution is 0.0944. The molecule has 1 atom stereocenters. The zero-order valence-corrected chi connectivity index (χ0v) is 10.1. The Morgan fingerprint density at radius 3 is 2.53 bits per heavy atom. The first kappa shape index (κ1) is 13.0. The van der Waals surface area contributed by atoms with Gasteiger partial charge in [-0.25, -0.2) is 0 Å². The number of carbonyl (C=O) groups is 1. The standard InChI is InChI=1S/C13H16N2O2/c1-3-11(9-14)15-13(16)10-5-7-12(8-6-10)17-4-2/h5-8,11H,3-4H2,1-2H3,(H,15,16). The minimum atomic E-state index is -0.436. The monoisotopic (exact) mass is 232 g/mol. The third-order valence-corrected chi connectivity index (χ3v) is 2.30. The van der Waals surface area contributed by atoms with Gasteiger partial charge in [0.15, 0.2) is 0 Å². The molecule has 1 aromatic rings. The molecule has 0 bridgehead atoms. The molecule has 0 saturated heterocycles. The highest BCUT2D eigenvalue weighted by atomic mass is 16.5. The van der Waals surface area contributed by atoms with E-state index in [-0.39, 0.29) is 5.91 Å². The van der Waals surface area contributed by atoms with E-state index in [9.17, 15) is 4.79 Å². The molecular weight excluding hydrogens is 216 g/mol. The average Bonchev–Trinajstić information content (AvgIpc) is 2.37. The minimum absolute atomic E-state index is 0.235. The van der Waals surface area contributed by atoms with E-state index >= 15 is 0 Å². The van der Waals surface area contributed by atoms with Gasteiger partial charge in [0.1, 0.15) is 11.8 Å². The van der Waals surface area contributed by atoms with Crippen molar-refractivity contribution < 1.29 is 9.53 Å².